The molecule has 134 valence electrons. The minimum absolute atomic E-state index is 0.0216. The van der Waals surface area contributed by atoms with E-state index >= 15 is 0 Å². The zero-order chi connectivity index (χ0) is 18.7. The van der Waals surface area contributed by atoms with Crippen LogP contribution < -0.4 is 5.32 Å². The summed E-state index contributed by atoms with van der Waals surface area (Å²) < 4.78 is 18.3. The molecule has 1 rings (SSSR count). The lowest BCUT2D eigenvalue weighted by molar-refractivity contribution is -0.182. The standard InChI is InChI=1S/C16H21ClFNO5/c1-15(2,3)23-14(21)19-12-7-11(17)10(16(4,5)8-18)6-9(12)13(20)24-22/h6-7,22H,8H2,1-5H3,(H,19,21). The van der Waals surface area contributed by atoms with Gasteiger partial charge in [0.15, 0.2) is 0 Å². The highest BCUT2D eigenvalue weighted by Gasteiger charge is 2.28. The van der Waals surface area contributed by atoms with Gasteiger partial charge in [-0.25, -0.2) is 9.59 Å². The Hall–Kier alpha value is -1.86. The van der Waals surface area contributed by atoms with Crippen LogP contribution in [0, 0.1) is 0 Å². The topological polar surface area (TPSA) is 84.9 Å². The molecule has 0 aliphatic carbocycles. The number of carbonyl (C=O) groups is 2. The predicted octanol–water partition coefficient (Wildman–Crippen LogP) is 4.56. The zero-order valence-corrected chi connectivity index (χ0v) is 15.0. The van der Waals surface area contributed by atoms with E-state index in [0.29, 0.717) is 5.56 Å². The predicted molar refractivity (Wildman–Crippen MR) is 88.4 cm³/mol. The number of ether oxygens (including phenoxy) is 1. The number of benzene rings is 1. The first-order valence-electron chi connectivity index (χ1n) is 7.17. The molecule has 0 aliphatic heterocycles. The fraction of sp³-hybridized carbons (Fsp3) is 0.500. The van der Waals surface area contributed by atoms with E-state index in [1.54, 1.807) is 34.6 Å². The van der Waals surface area contributed by atoms with Crippen molar-refractivity contribution in [3.63, 3.8) is 0 Å². The van der Waals surface area contributed by atoms with Crippen LogP contribution in [0.25, 0.3) is 0 Å². The average Bonchev–Trinajstić information content (AvgIpc) is 2.44. The van der Waals surface area contributed by atoms with Gasteiger partial charge in [0.25, 0.3) is 0 Å². The van der Waals surface area contributed by atoms with Gasteiger partial charge in [0.2, 0.25) is 0 Å². The highest BCUT2D eigenvalue weighted by molar-refractivity contribution is 6.32. The lowest BCUT2D eigenvalue weighted by Crippen LogP contribution is -2.28. The van der Waals surface area contributed by atoms with Gasteiger partial charge in [-0.1, -0.05) is 25.4 Å². The quantitative estimate of drug-likeness (QED) is 0.606. The van der Waals surface area contributed by atoms with Gasteiger partial charge in [0, 0.05) is 10.4 Å². The highest BCUT2D eigenvalue weighted by atomic mass is 35.5. The van der Waals surface area contributed by atoms with Gasteiger partial charge in [0.1, 0.15) is 5.60 Å². The normalized spacial score (nSPS) is 11.8. The monoisotopic (exact) mass is 361 g/mol. The maximum Gasteiger partial charge on any atom is 0.412 e. The molecular formula is C16H21ClFNO5. The molecule has 6 nitrogen and oxygen atoms in total. The molecule has 0 bridgehead atoms. The number of nitrogens with one attached hydrogen (secondary N) is 1. The number of alkyl halides is 1. The third-order valence-corrected chi connectivity index (χ3v) is 3.42. The third kappa shape index (κ3) is 5.07. The number of amides is 1. The van der Waals surface area contributed by atoms with Crippen LogP contribution in [0.2, 0.25) is 5.02 Å². The van der Waals surface area contributed by atoms with Gasteiger partial charge in [-0.3, -0.25) is 14.6 Å². The SMILES string of the molecule is CC(C)(C)OC(=O)Nc1cc(Cl)c(C(C)(C)CF)cc1C(=O)OO. The van der Waals surface area contributed by atoms with E-state index in [2.05, 4.69) is 10.2 Å². The maximum absolute atomic E-state index is 13.2. The maximum atomic E-state index is 13.2. The van der Waals surface area contributed by atoms with Crippen LogP contribution in [0.1, 0.15) is 50.5 Å². The van der Waals surface area contributed by atoms with E-state index in [0.717, 1.165) is 0 Å². The van der Waals surface area contributed by atoms with Gasteiger partial charge >= 0.3 is 12.1 Å². The molecule has 1 amide bonds. The van der Waals surface area contributed by atoms with Crippen LogP contribution in [-0.2, 0) is 15.0 Å². The first-order valence-corrected chi connectivity index (χ1v) is 7.55. The van der Waals surface area contributed by atoms with Crippen LogP contribution >= 0.6 is 11.6 Å². The van der Waals surface area contributed by atoms with Gasteiger partial charge in [-0.15, -0.1) is 0 Å². The Balaban J connectivity index is 3.32. The molecule has 0 aliphatic rings. The number of halogens is 2. The van der Waals surface area contributed by atoms with E-state index in [1.165, 1.54) is 12.1 Å². The Labute approximate surface area is 144 Å². The molecule has 1 aromatic rings. The van der Waals surface area contributed by atoms with Crippen molar-refractivity contribution >= 4 is 29.4 Å². The van der Waals surface area contributed by atoms with E-state index in [-0.39, 0.29) is 16.3 Å². The summed E-state index contributed by atoms with van der Waals surface area (Å²) in [5, 5.41) is 11.2. The van der Waals surface area contributed by atoms with Crippen LogP contribution in [0.5, 0.6) is 0 Å². The van der Waals surface area contributed by atoms with E-state index in [4.69, 9.17) is 21.6 Å². The van der Waals surface area contributed by atoms with Gasteiger partial charge in [0.05, 0.1) is 17.9 Å². The molecule has 0 aromatic heterocycles. The van der Waals surface area contributed by atoms with E-state index < -0.39 is 29.8 Å². The Morgan fingerprint density at radius 1 is 1.25 bits per heavy atom. The number of hydrogen-bond acceptors (Lipinski definition) is 5. The molecule has 8 heteroatoms. The van der Waals surface area contributed by atoms with Crippen LogP contribution in [-0.4, -0.2) is 29.6 Å². The number of carbonyl (C=O) groups excluding carboxylic acids is 2. The number of rotatable bonds is 4. The molecule has 2 N–H and O–H groups in total. The van der Waals surface area contributed by atoms with E-state index in [9.17, 15) is 14.0 Å². The van der Waals surface area contributed by atoms with Gasteiger partial charge < -0.3 is 4.74 Å². The Morgan fingerprint density at radius 3 is 2.29 bits per heavy atom. The molecule has 0 fully saturated rings. The summed E-state index contributed by atoms with van der Waals surface area (Å²) in [6.07, 6.45) is -0.817. The first-order chi connectivity index (χ1) is 10.9. The molecule has 0 saturated heterocycles. The average molecular weight is 362 g/mol. The molecule has 0 heterocycles. The molecule has 1 aromatic carbocycles. The fourth-order valence-corrected chi connectivity index (χ4v) is 2.32. The molecular weight excluding hydrogens is 341 g/mol. The van der Waals surface area contributed by atoms with Crippen LogP contribution in [0.4, 0.5) is 14.9 Å². The van der Waals surface area contributed by atoms with Crippen molar-refractivity contribution in [3.8, 4) is 0 Å². The van der Waals surface area contributed by atoms with E-state index in [1.807, 2.05) is 0 Å². The van der Waals surface area contributed by atoms with Crippen LogP contribution in [0.15, 0.2) is 12.1 Å². The third-order valence-electron chi connectivity index (χ3n) is 3.11. The molecule has 0 unspecified atom stereocenters. The Bertz CT molecular complexity index is 640. The molecule has 24 heavy (non-hydrogen) atoms. The zero-order valence-electron chi connectivity index (χ0n) is 14.2. The highest BCUT2D eigenvalue weighted by Crippen LogP contribution is 2.35. The van der Waals surface area contributed by atoms with Gasteiger partial charge in [-0.05, 0) is 38.5 Å². The smallest absolute Gasteiger partial charge is 0.412 e. The second-order valence-electron chi connectivity index (χ2n) is 6.90. The van der Waals surface area contributed by atoms with Crippen molar-refractivity contribution in [2.24, 2.45) is 0 Å². The molecule has 0 saturated carbocycles. The molecule has 0 radical (unpaired) electrons. The fourth-order valence-electron chi connectivity index (χ4n) is 1.90. The largest absolute Gasteiger partial charge is 0.444 e. The number of hydrogen-bond donors (Lipinski definition) is 2. The summed E-state index contributed by atoms with van der Waals surface area (Å²) in [6.45, 7) is 7.51. The first kappa shape index (κ1) is 20.2. The summed E-state index contributed by atoms with van der Waals surface area (Å²) in [7, 11) is 0. The Morgan fingerprint density at radius 2 is 1.83 bits per heavy atom. The van der Waals surface area contributed by atoms with Crippen molar-refractivity contribution in [2.45, 2.75) is 45.6 Å². The van der Waals surface area contributed by atoms with Gasteiger partial charge in [-0.2, -0.15) is 5.26 Å². The second-order valence-corrected chi connectivity index (χ2v) is 7.31. The van der Waals surface area contributed by atoms with Crippen molar-refractivity contribution in [3.05, 3.63) is 28.3 Å². The summed E-state index contributed by atoms with van der Waals surface area (Å²) in [6, 6.07) is 2.55. The summed E-state index contributed by atoms with van der Waals surface area (Å²) in [4.78, 5) is 27.4. The lowest BCUT2D eigenvalue weighted by atomic mass is 9.85. The van der Waals surface area contributed by atoms with Crippen molar-refractivity contribution in [2.75, 3.05) is 12.0 Å². The summed E-state index contributed by atoms with van der Waals surface area (Å²) in [5.74, 6) is -1.12. The summed E-state index contributed by atoms with van der Waals surface area (Å²) in [5.41, 5.74) is -1.58. The molecule has 0 atom stereocenters. The lowest BCUT2D eigenvalue weighted by Gasteiger charge is -2.24. The van der Waals surface area contributed by atoms with Crippen LogP contribution in [0.3, 0.4) is 0 Å². The van der Waals surface area contributed by atoms with Crippen molar-refractivity contribution < 1.29 is 28.9 Å². The Kier molecular flexibility index (Phi) is 6.19. The second kappa shape index (κ2) is 7.36. The minimum atomic E-state index is -1.12. The molecule has 0 spiro atoms. The minimum Gasteiger partial charge on any atom is -0.444 e. The van der Waals surface area contributed by atoms with Crippen molar-refractivity contribution in [1.29, 1.82) is 0 Å². The number of anilines is 1. The summed E-state index contributed by atoms with van der Waals surface area (Å²) >= 11 is 6.16. The van der Waals surface area contributed by atoms with Crippen molar-refractivity contribution in [1.82, 2.24) is 0 Å².